The summed E-state index contributed by atoms with van der Waals surface area (Å²) in [5.41, 5.74) is 4.64. The second-order valence-corrected chi connectivity index (χ2v) is 6.15. The molecule has 0 amide bonds. The third-order valence-electron chi connectivity index (χ3n) is 4.48. The Morgan fingerprint density at radius 1 is 0.667 bits per heavy atom. The van der Waals surface area contributed by atoms with E-state index >= 15 is 0 Å². The quantitative estimate of drug-likeness (QED) is 0.447. The fourth-order valence-corrected chi connectivity index (χ4v) is 3.15. The van der Waals surface area contributed by atoms with Crippen LogP contribution in [0.25, 0.3) is 21.5 Å². The monoisotopic (exact) mass is 312 g/mol. The van der Waals surface area contributed by atoms with E-state index in [4.69, 9.17) is 0 Å². The standard InChI is InChI=1S/C22H20N2/c1-15-7-9-18(10-8-15)24-22-12-11-21(23-2)19-13-16-5-3-4-6-17(16)14-20(19)22/h3-14,23-24H,1-2H3. The lowest BCUT2D eigenvalue weighted by Gasteiger charge is -2.14. The lowest BCUT2D eigenvalue weighted by molar-refractivity contribution is 1.46. The highest BCUT2D eigenvalue weighted by Gasteiger charge is 2.07. The van der Waals surface area contributed by atoms with E-state index in [0.29, 0.717) is 0 Å². The SMILES string of the molecule is CNc1ccc(Nc2ccc(C)cc2)c2cc3ccccc3cc12. The fourth-order valence-electron chi connectivity index (χ4n) is 3.15. The molecule has 0 aliphatic heterocycles. The summed E-state index contributed by atoms with van der Waals surface area (Å²) >= 11 is 0. The molecule has 24 heavy (non-hydrogen) atoms. The van der Waals surface area contributed by atoms with Gasteiger partial charge in [0.05, 0.1) is 0 Å². The second kappa shape index (κ2) is 5.89. The average molecular weight is 312 g/mol. The molecule has 0 aliphatic carbocycles. The van der Waals surface area contributed by atoms with Gasteiger partial charge in [-0.2, -0.15) is 0 Å². The first kappa shape index (κ1) is 14.6. The number of nitrogens with one attached hydrogen (secondary N) is 2. The van der Waals surface area contributed by atoms with Crippen molar-refractivity contribution in [2.45, 2.75) is 6.92 Å². The zero-order valence-electron chi connectivity index (χ0n) is 13.9. The van der Waals surface area contributed by atoms with Crippen LogP contribution in [0, 0.1) is 6.92 Å². The summed E-state index contributed by atoms with van der Waals surface area (Å²) in [5, 5.41) is 11.8. The number of rotatable bonds is 3. The summed E-state index contributed by atoms with van der Waals surface area (Å²) in [4.78, 5) is 0. The number of fused-ring (bicyclic) bond motifs is 2. The first-order chi connectivity index (χ1) is 11.7. The molecule has 4 aromatic carbocycles. The third kappa shape index (κ3) is 2.56. The summed E-state index contributed by atoms with van der Waals surface area (Å²) in [5.74, 6) is 0. The summed E-state index contributed by atoms with van der Waals surface area (Å²) in [6.07, 6.45) is 0. The van der Waals surface area contributed by atoms with Crippen molar-refractivity contribution >= 4 is 38.6 Å². The Labute approximate surface area is 142 Å². The molecule has 0 spiro atoms. The molecule has 0 radical (unpaired) electrons. The first-order valence-corrected chi connectivity index (χ1v) is 8.21. The van der Waals surface area contributed by atoms with Gasteiger partial charge in [-0.3, -0.25) is 0 Å². The van der Waals surface area contributed by atoms with Gasteiger partial charge in [-0.05, 0) is 54.1 Å². The molecule has 0 saturated heterocycles. The van der Waals surface area contributed by atoms with Crippen molar-refractivity contribution in [3.05, 3.63) is 78.4 Å². The van der Waals surface area contributed by atoms with Gasteiger partial charge in [-0.1, -0.05) is 42.0 Å². The van der Waals surface area contributed by atoms with Crippen molar-refractivity contribution in [1.82, 2.24) is 0 Å². The normalized spacial score (nSPS) is 10.9. The maximum Gasteiger partial charge on any atom is 0.0465 e. The van der Waals surface area contributed by atoms with Crippen LogP contribution in [0.5, 0.6) is 0 Å². The van der Waals surface area contributed by atoms with Crippen molar-refractivity contribution in [2.75, 3.05) is 17.7 Å². The Balaban J connectivity index is 1.91. The van der Waals surface area contributed by atoms with E-state index in [-0.39, 0.29) is 0 Å². The minimum absolute atomic E-state index is 1.10. The molecule has 0 atom stereocenters. The largest absolute Gasteiger partial charge is 0.388 e. The minimum Gasteiger partial charge on any atom is -0.388 e. The van der Waals surface area contributed by atoms with Crippen LogP contribution in [0.4, 0.5) is 17.1 Å². The molecule has 2 nitrogen and oxygen atoms in total. The van der Waals surface area contributed by atoms with Crippen LogP contribution in [0.15, 0.2) is 72.8 Å². The molecule has 0 bridgehead atoms. The Kier molecular flexibility index (Phi) is 3.58. The summed E-state index contributed by atoms with van der Waals surface area (Å²) in [7, 11) is 1.97. The van der Waals surface area contributed by atoms with Gasteiger partial charge in [0.15, 0.2) is 0 Å². The Morgan fingerprint density at radius 3 is 1.88 bits per heavy atom. The molecule has 118 valence electrons. The predicted octanol–water partition coefficient (Wildman–Crippen LogP) is 6.09. The molecule has 0 fully saturated rings. The van der Waals surface area contributed by atoms with Crippen LogP contribution in [-0.2, 0) is 0 Å². The minimum atomic E-state index is 1.10. The van der Waals surface area contributed by atoms with Crippen molar-refractivity contribution in [1.29, 1.82) is 0 Å². The van der Waals surface area contributed by atoms with Gasteiger partial charge in [0, 0.05) is 34.9 Å². The van der Waals surface area contributed by atoms with Gasteiger partial charge in [0.25, 0.3) is 0 Å². The van der Waals surface area contributed by atoms with E-state index in [1.165, 1.54) is 27.1 Å². The number of hydrogen-bond donors (Lipinski definition) is 2. The first-order valence-electron chi connectivity index (χ1n) is 8.21. The van der Waals surface area contributed by atoms with Gasteiger partial charge < -0.3 is 10.6 Å². The molecule has 0 aromatic heterocycles. The van der Waals surface area contributed by atoms with E-state index in [1.54, 1.807) is 0 Å². The van der Waals surface area contributed by atoms with Crippen LogP contribution in [0.1, 0.15) is 5.56 Å². The summed E-state index contributed by atoms with van der Waals surface area (Å²) in [6, 6.07) is 25.8. The predicted molar refractivity (Wildman–Crippen MR) is 105 cm³/mol. The highest BCUT2D eigenvalue weighted by molar-refractivity contribution is 6.09. The maximum atomic E-state index is 3.56. The second-order valence-electron chi connectivity index (χ2n) is 6.15. The lowest BCUT2D eigenvalue weighted by atomic mass is 10.0. The molecule has 0 heterocycles. The van der Waals surface area contributed by atoms with Crippen LogP contribution in [-0.4, -0.2) is 7.05 Å². The van der Waals surface area contributed by atoms with Gasteiger partial charge in [-0.15, -0.1) is 0 Å². The zero-order valence-corrected chi connectivity index (χ0v) is 13.9. The van der Waals surface area contributed by atoms with E-state index in [2.05, 4.69) is 90.4 Å². The number of anilines is 3. The van der Waals surface area contributed by atoms with Crippen molar-refractivity contribution in [3.63, 3.8) is 0 Å². The topological polar surface area (TPSA) is 24.1 Å². The van der Waals surface area contributed by atoms with Crippen LogP contribution in [0.2, 0.25) is 0 Å². The average Bonchev–Trinajstić information content (AvgIpc) is 2.62. The summed E-state index contributed by atoms with van der Waals surface area (Å²) in [6.45, 7) is 2.10. The zero-order chi connectivity index (χ0) is 16.5. The molecule has 2 N–H and O–H groups in total. The highest BCUT2D eigenvalue weighted by Crippen LogP contribution is 2.35. The van der Waals surface area contributed by atoms with Gasteiger partial charge in [0.2, 0.25) is 0 Å². The maximum absolute atomic E-state index is 3.56. The molecular weight excluding hydrogens is 292 g/mol. The van der Waals surface area contributed by atoms with E-state index in [0.717, 1.165) is 17.1 Å². The Bertz CT molecular complexity index is 1020. The van der Waals surface area contributed by atoms with E-state index in [9.17, 15) is 0 Å². The fraction of sp³-hybridized carbons (Fsp3) is 0.0909. The molecule has 4 aromatic rings. The molecule has 0 aliphatic rings. The Morgan fingerprint density at radius 2 is 1.25 bits per heavy atom. The van der Waals surface area contributed by atoms with Gasteiger partial charge in [0.1, 0.15) is 0 Å². The highest BCUT2D eigenvalue weighted by atomic mass is 14.9. The van der Waals surface area contributed by atoms with Crippen LogP contribution < -0.4 is 10.6 Å². The molecule has 0 unspecified atom stereocenters. The number of hydrogen-bond acceptors (Lipinski definition) is 2. The van der Waals surface area contributed by atoms with E-state index < -0.39 is 0 Å². The summed E-state index contributed by atoms with van der Waals surface area (Å²) < 4.78 is 0. The molecule has 4 rings (SSSR count). The van der Waals surface area contributed by atoms with Crippen molar-refractivity contribution in [3.8, 4) is 0 Å². The number of aryl methyl sites for hydroxylation is 1. The van der Waals surface area contributed by atoms with Gasteiger partial charge in [-0.25, -0.2) is 0 Å². The van der Waals surface area contributed by atoms with Crippen molar-refractivity contribution < 1.29 is 0 Å². The molecule has 2 heteroatoms. The molecule has 0 saturated carbocycles. The van der Waals surface area contributed by atoms with E-state index in [1.807, 2.05) is 7.05 Å². The van der Waals surface area contributed by atoms with Crippen molar-refractivity contribution in [2.24, 2.45) is 0 Å². The number of benzene rings is 4. The van der Waals surface area contributed by atoms with Crippen LogP contribution in [0.3, 0.4) is 0 Å². The lowest BCUT2D eigenvalue weighted by Crippen LogP contribution is -1.95. The van der Waals surface area contributed by atoms with Gasteiger partial charge >= 0.3 is 0 Å². The Hall–Kier alpha value is -3.00. The van der Waals surface area contributed by atoms with Crippen LogP contribution >= 0.6 is 0 Å². The smallest absolute Gasteiger partial charge is 0.0465 e. The molecular formula is C22H20N2. The third-order valence-corrected chi connectivity index (χ3v) is 4.48.